The molecule has 0 aliphatic heterocycles. The zero-order chi connectivity index (χ0) is 22.5. The Morgan fingerprint density at radius 2 is 1.73 bits per heavy atom. The standard InChI is InChI=1S/C22H29FN2O4S/c1-15(2)30(28,29)25-14-22(4,27)20-9-7-17(8-10-20)19-6-5-18(21(23)13-19)11-12-24-16(3)26/h5-10,13,15,25,27H,11-12,14H2,1-4H3,(H,24,26). The molecular formula is C22H29FN2O4S. The van der Waals surface area contributed by atoms with Gasteiger partial charge in [-0.05, 0) is 55.5 Å². The monoisotopic (exact) mass is 436 g/mol. The number of sulfonamides is 1. The van der Waals surface area contributed by atoms with Gasteiger partial charge < -0.3 is 10.4 Å². The molecule has 0 bridgehead atoms. The third-order valence-electron chi connectivity index (χ3n) is 4.90. The van der Waals surface area contributed by atoms with Crippen molar-refractivity contribution in [1.29, 1.82) is 0 Å². The third kappa shape index (κ3) is 6.35. The molecule has 0 spiro atoms. The number of amides is 1. The van der Waals surface area contributed by atoms with Gasteiger partial charge in [0, 0.05) is 20.0 Å². The normalized spacial score (nSPS) is 13.8. The summed E-state index contributed by atoms with van der Waals surface area (Å²) in [6, 6.07) is 11.8. The van der Waals surface area contributed by atoms with Crippen LogP contribution in [0.1, 0.15) is 38.8 Å². The Bertz CT molecular complexity index is 987. The molecule has 2 aromatic rings. The van der Waals surface area contributed by atoms with E-state index in [4.69, 9.17) is 0 Å². The molecule has 2 aromatic carbocycles. The largest absolute Gasteiger partial charge is 0.384 e. The fourth-order valence-electron chi connectivity index (χ4n) is 2.83. The van der Waals surface area contributed by atoms with E-state index < -0.39 is 20.9 Å². The topological polar surface area (TPSA) is 95.5 Å². The molecule has 0 radical (unpaired) electrons. The number of hydrogen-bond donors (Lipinski definition) is 3. The molecule has 6 nitrogen and oxygen atoms in total. The summed E-state index contributed by atoms with van der Waals surface area (Å²) in [5.74, 6) is -0.503. The van der Waals surface area contributed by atoms with Crippen LogP contribution in [0, 0.1) is 5.82 Å². The number of benzene rings is 2. The summed E-state index contributed by atoms with van der Waals surface area (Å²) in [7, 11) is -3.49. The van der Waals surface area contributed by atoms with E-state index in [2.05, 4.69) is 10.0 Å². The summed E-state index contributed by atoms with van der Waals surface area (Å²) >= 11 is 0. The van der Waals surface area contributed by atoms with E-state index in [0.29, 0.717) is 29.7 Å². The average Bonchev–Trinajstić information content (AvgIpc) is 2.67. The van der Waals surface area contributed by atoms with Crippen LogP contribution in [-0.4, -0.2) is 37.8 Å². The van der Waals surface area contributed by atoms with Crippen molar-refractivity contribution in [2.45, 2.75) is 45.0 Å². The number of carbonyl (C=O) groups is 1. The number of rotatable bonds is 9. The van der Waals surface area contributed by atoms with Crippen molar-refractivity contribution in [1.82, 2.24) is 10.0 Å². The predicted octanol–water partition coefficient (Wildman–Crippen LogP) is 2.71. The lowest BCUT2D eigenvalue weighted by Gasteiger charge is -2.25. The molecule has 0 saturated heterocycles. The number of hydrogen-bond acceptors (Lipinski definition) is 4. The Hall–Kier alpha value is -2.29. The maximum atomic E-state index is 14.4. The molecule has 0 saturated carbocycles. The van der Waals surface area contributed by atoms with Gasteiger partial charge in [0.2, 0.25) is 15.9 Å². The molecule has 1 amide bonds. The fourth-order valence-corrected chi connectivity index (χ4v) is 3.65. The van der Waals surface area contributed by atoms with Crippen molar-refractivity contribution in [2.75, 3.05) is 13.1 Å². The highest BCUT2D eigenvalue weighted by Gasteiger charge is 2.26. The first-order chi connectivity index (χ1) is 13.9. The van der Waals surface area contributed by atoms with Gasteiger partial charge in [-0.15, -0.1) is 0 Å². The van der Waals surface area contributed by atoms with Crippen LogP contribution in [0.5, 0.6) is 0 Å². The summed E-state index contributed by atoms with van der Waals surface area (Å²) < 4.78 is 40.7. The summed E-state index contributed by atoms with van der Waals surface area (Å²) in [4.78, 5) is 10.9. The summed E-state index contributed by atoms with van der Waals surface area (Å²) in [6.45, 7) is 6.31. The second-order valence-electron chi connectivity index (χ2n) is 7.81. The zero-order valence-electron chi connectivity index (χ0n) is 17.7. The first-order valence-electron chi connectivity index (χ1n) is 9.77. The van der Waals surface area contributed by atoms with Crippen LogP contribution in [0.4, 0.5) is 4.39 Å². The molecule has 164 valence electrons. The van der Waals surface area contributed by atoms with Crippen molar-refractivity contribution in [3.05, 3.63) is 59.4 Å². The molecule has 0 heterocycles. The Kier molecular flexibility index (Phi) is 7.74. The molecule has 1 unspecified atom stereocenters. The molecule has 0 fully saturated rings. The number of aliphatic hydroxyl groups is 1. The minimum absolute atomic E-state index is 0.148. The first-order valence-corrected chi connectivity index (χ1v) is 11.3. The lowest BCUT2D eigenvalue weighted by molar-refractivity contribution is -0.118. The van der Waals surface area contributed by atoms with Crippen LogP contribution in [0.25, 0.3) is 11.1 Å². The van der Waals surface area contributed by atoms with E-state index in [9.17, 15) is 22.7 Å². The quantitative estimate of drug-likeness (QED) is 0.563. The van der Waals surface area contributed by atoms with Crippen molar-refractivity contribution in [2.24, 2.45) is 0 Å². The van der Waals surface area contributed by atoms with E-state index in [1.54, 1.807) is 50.2 Å². The highest BCUT2D eigenvalue weighted by atomic mass is 32.2. The third-order valence-corrected chi connectivity index (χ3v) is 6.69. The van der Waals surface area contributed by atoms with Crippen molar-refractivity contribution in [3.8, 4) is 11.1 Å². The van der Waals surface area contributed by atoms with Crippen LogP contribution in [0.15, 0.2) is 42.5 Å². The second-order valence-corrected chi connectivity index (χ2v) is 10.1. The second kappa shape index (κ2) is 9.68. The fraction of sp³-hybridized carbons (Fsp3) is 0.409. The van der Waals surface area contributed by atoms with Crippen molar-refractivity contribution in [3.63, 3.8) is 0 Å². The molecular weight excluding hydrogens is 407 g/mol. The summed E-state index contributed by atoms with van der Waals surface area (Å²) in [6.07, 6.45) is 0.403. The predicted molar refractivity (Wildman–Crippen MR) is 116 cm³/mol. The molecule has 0 aliphatic rings. The average molecular weight is 437 g/mol. The highest BCUT2D eigenvalue weighted by Crippen LogP contribution is 2.26. The molecule has 2 rings (SSSR count). The van der Waals surface area contributed by atoms with Crippen LogP contribution < -0.4 is 10.0 Å². The maximum absolute atomic E-state index is 14.4. The number of nitrogens with one attached hydrogen (secondary N) is 2. The van der Waals surface area contributed by atoms with Gasteiger partial charge in [-0.3, -0.25) is 4.79 Å². The summed E-state index contributed by atoms with van der Waals surface area (Å²) in [5.41, 5.74) is 1.13. The van der Waals surface area contributed by atoms with Gasteiger partial charge >= 0.3 is 0 Å². The smallest absolute Gasteiger partial charge is 0.216 e. The lowest BCUT2D eigenvalue weighted by atomic mass is 9.93. The van der Waals surface area contributed by atoms with E-state index >= 15 is 0 Å². The molecule has 1 atom stereocenters. The van der Waals surface area contributed by atoms with Crippen LogP contribution in [0.3, 0.4) is 0 Å². The maximum Gasteiger partial charge on any atom is 0.216 e. The van der Waals surface area contributed by atoms with Crippen LogP contribution >= 0.6 is 0 Å². The Balaban J connectivity index is 2.11. The van der Waals surface area contributed by atoms with Gasteiger partial charge in [-0.25, -0.2) is 17.5 Å². The van der Waals surface area contributed by atoms with Gasteiger partial charge in [-0.1, -0.05) is 36.4 Å². The van der Waals surface area contributed by atoms with E-state index in [0.717, 1.165) is 5.56 Å². The first kappa shape index (κ1) is 24.0. The van der Waals surface area contributed by atoms with E-state index in [-0.39, 0.29) is 18.3 Å². The van der Waals surface area contributed by atoms with Gasteiger partial charge in [-0.2, -0.15) is 0 Å². The zero-order valence-corrected chi connectivity index (χ0v) is 18.5. The van der Waals surface area contributed by atoms with Crippen molar-refractivity contribution < 1.29 is 22.7 Å². The van der Waals surface area contributed by atoms with Gasteiger partial charge in [0.05, 0.1) is 5.25 Å². The van der Waals surface area contributed by atoms with Crippen LogP contribution in [0.2, 0.25) is 0 Å². The van der Waals surface area contributed by atoms with Gasteiger partial charge in [0.1, 0.15) is 11.4 Å². The van der Waals surface area contributed by atoms with E-state index in [1.807, 2.05) is 0 Å². The molecule has 0 aliphatic carbocycles. The Morgan fingerprint density at radius 3 is 2.27 bits per heavy atom. The molecule has 30 heavy (non-hydrogen) atoms. The Morgan fingerprint density at radius 1 is 1.13 bits per heavy atom. The molecule has 3 N–H and O–H groups in total. The van der Waals surface area contributed by atoms with Gasteiger partial charge in [0.15, 0.2) is 0 Å². The number of carbonyl (C=O) groups excluding carboxylic acids is 1. The Labute approximate surface area is 177 Å². The molecule has 0 aromatic heterocycles. The SMILES string of the molecule is CC(=O)NCCc1ccc(-c2ccc(C(C)(O)CNS(=O)(=O)C(C)C)cc2)cc1F. The van der Waals surface area contributed by atoms with Gasteiger partial charge in [0.25, 0.3) is 0 Å². The lowest BCUT2D eigenvalue weighted by Crippen LogP contribution is -2.41. The molecule has 8 heteroatoms. The summed E-state index contributed by atoms with van der Waals surface area (Å²) in [5, 5.41) is 12.7. The van der Waals surface area contributed by atoms with Crippen molar-refractivity contribution >= 4 is 15.9 Å². The van der Waals surface area contributed by atoms with Crippen LogP contribution in [-0.2, 0) is 26.8 Å². The highest BCUT2D eigenvalue weighted by molar-refractivity contribution is 7.90. The number of halogens is 1. The minimum Gasteiger partial charge on any atom is -0.384 e. The minimum atomic E-state index is -3.49. The van der Waals surface area contributed by atoms with E-state index in [1.165, 1.54) is 19.9 Å².